The van der Waals surface area contributed by atoms with Gasteiger partial charge in [0.05, 0.1) is 0 Å². The minimum Gasteiger partial charge on any atom is -0.317 e. The fourth-order valence-electron chi connectivity index (χ4n) is 1.40. The van der Waals surface area contributed by atoms with Crippen LogP contribution in [0.25, 0.3) is 5.57 Å². The monoisotopic (exact) mass is 207 g/mol. The molecule has 1 rings (SSSR count). The topological polar surface area (TPSA) is 12.0 Å². The lowest BCUT2D eigenvalue weighted by atomic mass is 10.1. The van der Waals surface area contributed by atoms with Crippen molar-refractivity contribution in [2.75, 3.05) is 13.1 Å². The van der Waals surface area contributed by atoms with Crippen LogP contribution in [0.2, 0.25) is 0 Å². The van der Waals surface area contributed by atoms with Crippen LogP contribution in [0, 0.1) is 5.82 Å². The Morgan fingerprint density at radius 1 is 1.33 bits per heavy atom. The smallest absolute Gasteiger partial charge is 0.123 e. The highest BCUT2D eigenvalue weighted by atomic mass is 19.1. The van der Waals surface area contributed by atoms with Gasteiger partial charge >= 0.3 is 0 Å². The summed E-state index contributed by atoms with van der Waals surface area (Å²) in [6, 6.07) is 6.62. The summed E-state index contributed by atoms with van der Waals surface area (Å²) in [4.78, 5) is 0. The van der Waals surface area contributed by atoms with E-state index in [9.17, 15) is 4.39 Å². The van der Waals surface area contributed by atoms with Crippen molar-refractivity contribution in [2.45, 2.75) is 20.3 Å². The minimum atomic E-state index is -0.181. The summed E-state index contributed by atoms with van der Waals surface area (Å²) in [7, 11) is 0. The molecule has 15 heavy (non-hydrogen) atoms. The molecule has 0 aliphatic rings. The van der Waals surface area contributed by atoms with E-state index in [1.807, 2.05) is 12.1 Å². The van der Waals surface area contributed by atoms with Crippen LogP contribution in [0.1, 0.15) is 25.8 Å². The third kappa shape index (κ3) is 4.26. The van der Waals surface area contributed by atoms with Gasteiger partial charge in [-0.2, -0.15) is 0 Å². The summed E-state index contributed by atoms with van der Waals surface area (Å²) in [6.45, 7) is 6.15. The molecular formula is C13H18FN. The SMILES string of the molecule is CCNCCC=C(C)c1ccc(F)cc1. The molecule has 1 nitrogen and oxygen atoms in total. The molecule has 0 fully saturated rings. The average molecular weight is 207 g/mol. The van der Waals surface area contributed by atoms with Crippen LogP contribution < -0.4 is 5.32 Å². The molecule has 0 heterocycles. The molecule has 0 aliphatic heterocycles. The zero-order valence-corrected chi connectivity index (χ0v) is 9.39. The fourth-order valence-corrected chi connectivity index (χ4v) is 1.40. The molecule has 0 aromatic heterocycles. The molecular weight excluding hydrogens is 189 g/mol. The molecule has 0 saturated heterocycles. The summed E-state index contributed by atoms with van der Waals surface area (Å²) in [5.74, 6) is -0.181. The fraction of sp³-hybridized carbons (Fsp3) is 0.385. The van der Waals surface area contributed by atoms with Crippen LogP contribution in [-0.2, 0) is 0 Å². The molecule has 1 N–H and O–H groups in total. The largest absolute Gasteiger partial charge is 0.317 e. The predicted molar refractivity (Wildman–Crippen MR) is 63.2 cm³/mol. The first-order valence-corrected chi connectivity index (χ1v) is 5.37. The molecule has 0 spiro atoms. The van der Waals surface area contributed by atoms with Crippen molar-refractivity contribution in [1.29, 1.82) is 0 Å². The molecule has 0 saturated carbocycles. The lowest BCUT2D eigenvalue weighted by Gasteiger charge is -2.02. The van der Waals surface area contributed by atoms with E-state index < -0.39 is 0 Å². The van der Waals surface area contributed by atoms with E-state index >= 15 is 0 Å². The van der Waals surface area contributed by atoms with Crippen molar-refractivity contribution in [3.8, 4) is 0 Å². The summed E-state index contributed by atoms with van der Waals surface area (Å²) in [6.07, 6.45) is 3.19. The number of hydrogen-bond acceptors (Lipinski definition) is 1. The quantitative estimate of drug-likeness (QED) is 0.731. The van der Waals surface area contributed by atoms with Gasteiger partial charge in [-0.05, 0) is 49.7 Å². The molecule has 0 bridgehead atoms. The van der Waals surface area contributed by atoms with Gasteiger partial charge in [-0.3, -0.25) is 0 Å². The molecule has 0 unspecified atom stereocenters. The van der Waals surface area contributed by atoms with Crippen LogP contribution >= 0.6 is 0 Å². The molecule has 0 aliphatic carbocycles. The van der Waals surface area contributed by atoms with Crippen LogP contribution in [0.15, 0.2) is 30.3 Å². The van der Waals surface area contributed by atoms with E-state index in [4.69, 9.17) is 0 Å². The standard InChI is InChI=1S/C13H18FN/c1-3-15-10-4-5-11(2)12-6-8-13(14)9-7-12/h5-9,15H,3-4,10H2,1-2H3. The first-order valence-electron chi connectivity index (χ1n) is 5.37. The molecule has 0 amide bonds. The third-order valence-corrected chi connectivity index (χ3v) is 2.32. The first kappa shape index (κ1) is 11.9. The van der Waals surface area contributed by atoms with Gasteiger partial charge in [0.15, 0.2) is 0 Å². The van der Waals surface area contributed by atoms with Crippen molar-refractivity contribution in [1.82, 2.24) is 5.32 Å². The van der Waals surface area contributed by atoms with Crippen molar-refractivity contribution < 1.29 is 4.39 Å². The van der Waals surface area contributed by atoms with E-state index in [2.05, 4.69) is 25.2 Å². The normalized spacial score (nSPS) is 11.8. The van der Waals surface area contributed by atoms with E-state index in [1.54, 1.807) is 0 Å². The van der Waals surface area contributed by atoms with Gasteiger partial charge in [-0.1, -0.05) is 25.1 Å². The number of hydrogen-bond donors (Lipinski definition) is 1. The number of nitrogens with one attached hydrogen (secondary N) is 1. The second kappa shape index (κ2) is 6.36. The highest BCUT2D eigenvalue weighted by molar-refractivity contribution is 5.63. The Bertz CT molecular complexity index is 314. The summed E-state index contributed by atoms with van der Waals surface area (Å²) >= 11 is 0. The molecule has 0 atom stereocenters. The van der Waals surface area contributed by atoms with E-state index in [0.29, 0.717) is 0 Å². The number of benzene rings is 1. The Morgan fingerprint density at radius 3 is 2.60 bits per heavy atom. The number of halogens is 1. The second-order valence-electron chi connectivity index (χ2n) is 3.54. The molecule has 0 radical (unpaired) electrons. The summed E-state index contributed by atoms with van der Waals surface area (Å²) in [5, 5.41) is 3.26. The molecule has 1 aromatic carbocycles. The first-order chi connectivity index (χ1) is 7.24. The number of rotatable bonds is 5. The van der Waals surface area contributed by atoms with E-state index in [-0.39, 0.29) is 5.82 Å². The van der Waals surface area contributed by atoms with Gasteiger partial charge in [-0.15, -0.1) is 0 Å². The van der Waals surface area contributed by atoms with Gasteiger partial charge in [0.1, 0.15) is 5.82 Å². The van der Waals surface area contributed by atoms with Gasteiger partial charge in [0.2, 0.25) is 0 Å². The zero-order valence-electron chi connectivity index (χ0n) is 9.39. The van der Waals surface area contributed by atoms with Crippen LogP contribution in [0.4, 0.5) is 4.39 Å². The van der Waals surface area contributed by atoms with Gasteiger partial charge < -0.3 is 5.32 Å². The Hall–Kier alpha value is -1.15. The van der Waals surface area contributed by atoms with Crippen molar-refractivity contribution >= 4 is 5.57 Å². The van der Waals surface area contributed by atoms with Crippen molar-refractivity contribution in [3.05, 3.63) is 41.7 Å². The lowest BCUT2D eigenvalue weighted by Crippen LogP contribution is -2.13. The van der Waals surface area contributed by atoms with E-state index in [1.165, 1.54) is 17.7 Å². The van der Waals surface area contributed by atoms with Crippen LogP contribution in [0.5, 0.6) is 0 Å². The predicted octanol–water partition coefficient (Wildman–Crippen LogP) is 3.23. The maximum atomic E-state index is 12.7. The highest BCUT2D eigenvalue weighted by Gasteiger charge is 1.95. The van der Waals surface area contributed by atoms with Gasteiger partial charge in [-0.25, -0.2) is 4.39 Å². The van der Waals surface area contributed by atoms with Gasteiger partial charge in [0.25, 0.3) is 0 Å². The van der Waals surface area contributed by atoms with Crippen LogP contribution in [0.3, 0.4) is 0 Å². The molecule has 1 aromatic rings. The van der Waals surface area contributed by atoms with E-state index in [0.717, 1.165) is 25.1 Å². The maximum Gasteiger partial charge on any atom is 0.123 e. The molecule has 82 valence electrons. The maximum absolute atomic E-state index is 12.7. The molecule has 2 heteroatoms. The summed E-state index contributed by atoms with van der Waals surface area (Å²) < 4.78 is 12.7. The van der Waals surface area contributed by atoms with Crippen LogP contribution in [-0.4, -0.2) is 13.1 Å². The van der Waals surface area contributed by atoms with Gasteiger partial charge in [0, 0.05) is 0 Å². The zero-order chi connectivity index (χ0) is 11.1. The third-order valence-electron chi connectivity index (χ3n) is 2.32. The lowest BCUT2D eigenvalue weighted by molar-refractivity contribution is 0.627. The second-order valence-corrected chi connectivity index (χ2v) is 3.54. The Labute approximate surface area is 91.0 Å². The Morgan fingerprint density at radius 2 is 2.00 bits per heavy atom. The average Bonchev–Trinajstić information content (AvgIpc) is 2.25. The Balaban J connectivity index is 2.52. The number of allylic oxidation sites excluding steroid dienone is 1. The Kier molecular flexibility index (Phi) is 5.05. The highest BCUT2D eigenvalue weighted by Crippen LogP contribution is 2.14. The van der Waals surface area contributed by atoms with Crippen molar-refractivity contribution in [2.24, 2.45) is 0 Å². The van der Waals surface area contributed by atoms with Crippen molar-refractivity contribution in [3.63, 3.8) is 0 Å². The minimum absolute atomic E-state index is 0.181. The summed E-state index contributed by atoms with van der Waals surface area (Å²) in [5.41, 5.74) is 2.29.